The highest BCUT2D eigenvalue weighted by molar-refractivity contribution is 5.19. The molecular formula is C17H21. The Kier molecular flexibility index (Phi) is 8.69. The van der Waals surface area contributed by atoms with Crippen LogP contribution < -0.4 is 0 Å². The molecule has 0 amide bonds. The lowest BCUT2D eigenvalue weighted by Crippen LogP contribution is -1.74. The molecule has 1 rings (SSSR count). The van der Waals surface area contributed by atoms with Crippen LogP contribution in [0.4, 0.5) is 0 Å². The van der Waals surface area contributed by atoms with Gasteiger partial charge in [-0.3, -0.25) is 0 Å². The van der Waals surface area contributed by atoms with Crippen LogP contribution in [0.15, 0.2) is 66.8 Å². The molecule has 0 nitrogen and oxygen atoms in total. The van der Waals surface area contributed by atoms with Gasteiger partial charge in [0.15, 0.2) is 0 Å². The van der Waals surface area contributed by atoms with Crippen LogP contribution in [-0.4, -0.2) is 0 Å². The van der Waals surface area contributed by atoms with Crippen molar-refractivity contribution < 1.29 is 0 Å². The molecule has 89 valence electrons. The third-order valence-corrected chi connectivity index (χ3v) is 2.43. The van der Waals surface area contributed by atoms with Gasteiger partial charge in [0.1, 0.15) is 0 Å². The van der Waals surface area contributed by atoms with Crippen molar-refractivity contribution in [2.75, 3.05) is 0 Å². The number of hydrogen-bond acceptors (Lipinski definition) is 0. The average molecular weight is 225 g/mol. The third-order valence-electron chi connectivity index (χ3n) is 2.43. The fraction of sp³-hybridized carbons (Fsp3) is 0.294. The number of rotatable bonds is 0. The van der Waals surface area contributed by atoms with Crippen molar-refractivity contribution in [2.24, 2.45) is 0 Å². The summed E-state index contributed by atoms with van der Waals surface area (Å²) in [7, 11) is 0. The first-order valence-electron chi connectivity index (χ1n) is 6.38. The van der Waals surface area contributed by atoms with E-state index in [1.165, 1.54) is 25.7 Å². The summed E-state index contributed by atoms with van der Waals surface area (Å²) in [5.41, 5.74) is 0. The van der Waals surface area contributed by atoms with Crippen LogP contribution in [0.1, 0.15) is 32.1 Å². The maximum absolute atomic E-state index is 3.29. The Balaban J connectivity index is 2.45. The van der Waals surface area contributed by atoms with Crippen LogP contribution in [0.25, 0.3) is 0 Å². The standard InChI is InChI=1S/C17H21/c1-2-4-6-8-10-12-14-16-17-15-13-11-9-7-5-3-1/h1-11H,12,14-17H2/b2-1-,5-3+,6-4+,9-7+,10-8+,13-11?. The first kappa shape index (κ1) is 13.5. The molecule has 0 saturated heterocycles. The SMILES string of the molecule is [C]1=C/C=C/C=C/C=C\C=C\C=C\CCCCC\1. The van der Waals surface area contributed by atoms with Crippen molar-refractivity contribution in [2.45, 2.75) is 32.1 Å². The summed E-state index contributed by atoms with van der Waals surface area (Å²) in [6.07, 6.45) is 32.0. The Bertz CT molecular complexity index is 301. The molecule has 1 aliphatic carbocycles. The smallest absolute Gasteiger partial charge is 0.0276 e. The van der Waals surface area contributed by atoms with Crippen LogP contribution in [0.5, 0.6) is 0 Å². The molecule has 1 aliphatic rings. The van der Waals surface area contributed by atoms with Gasteiger partial charge in [0.05, 0.1) is 0 Å². The highest BCUT2D eigenvalue weighted by atomic mass is 13.9. The maximum Gasteiger partial charge on any atom is -0.0276 e. The minimum atomic E-state index is 1.07. The number of hydrogen-bond donors (Lipinski definition) is 0. The van der Waals surface area contributed by atoms with E-state index in [-0.39, 0.29) is 0 Å². The Labute approximate surface area is 105 Å². The minimum Gasteiger partial charge on any atom is -0.0845 e. The van der Waals surface area contributed by atoms with Crippen LogP contribution in [0.2, 0.25) is 0 Å². The molecule has 0 unspecified atom stereocenters. The third kappa shape index (κ3) is 9.37. The van der Waals surface area contributed by atoms with E-state index in [1.54, 1.807) is 0 Å². The van der Waals surface area contributed by atoms with E-state index in [9.17, 15) is 0 Å². The van der Waals surface area contributed by atoms with Crippen molar-refractivity contribution in [1.29, 1.82) is 0 Å². The van der Waals surface area contributed by atoms with Gasteiger partial charge >= 0.3 is 0 Å². The Hall–Kier alpha value is -1.56. The highest BCUT2D eigenvalue weighted by Gasteiger charge is 1.85. The first-order valence-corrected chi connectivity index (χ1v) is 6.38. The highest BCUT2D eigenvalue weighted by Crippen LogP contribution is 2.04. The average Bonchev–Trinajstić information content (AvgIpc) is 2.35. The molecule has 0 atom stereocenters. The van der Waals surface area contributed by atoms with Crippen molar-refractivity contribution in [1.82, 2.24) is 0 Å². The van der Waals surface area contributed by atoms with Gasteiger partial charge in [-0.15, -0.1) is 0 Å². The van der Waals surface area contributed by atoms with E-state index >= 15 is 0 Å². The summed E-state index contributed by atoms with van der Waals surface area (Å²) < 4.78 is 0. The second-order valence-electron chi connectivity index (χ2n) is 3.94. The summed E-state index contributed by atoms with van der Waals surface area (Å²) in [5.74, 6) is 0. The molecule has 17 heavy (non-hydrogen) atoms. The lowest BCUT2D eigenvalue weighted by molar-refractivity contribution is 0.691. The Morgan fingerprint density at radius 2 is 1.24 bits per heavy atom. The molecule has 0 spiro atoms. The van der Waals surface area contributed by atoms with Crippen molar-refractivity contribution >= 4 is 0 Å². The summed E-state index contributed by atoms with van der Waals surface area (Å²) in [6.45, 7) is 0. The molecule has 0 heteroatoms. The predicted octanol–water partition coefficient (Wildman–Crippen LogP) is 5.09. The van der Waals surface area contributed by atoms with Crippen molar-refractivity contribution in [3.8, 4) is 0 Å². The molecule has 0 aromatic carbocycles. The predicted molar refractivity (Wildman–Crippen MR) is 76.6 cm³/mol. The van der Waals surface area contributed by atoms with Crippen LogP contribution in [0.3, 0.4) is 0 Å². The summed E-state index contributed by atoms with van der Waals surface area (Å²) >= 11 is 0. The van der Waals surface area contributed by atoms with Crippen LogP contribution >= 0.6 is 0 Å². The Morgan fingerprint density at radius 3 is 2.00 bits per heavy atom. The molecule has 1 radical (unpaired) electrons. The maximum atomic E-state index is 3.29. The molecule has 0 aromatic rings. The van der Waals surface area contributed by atoms with E-state index in [2.05, 4.69) is 30.4 Å². The second-order valence-corrected chi connectivity index (χ2v) is 3.94. The molecule has 0 fully saturated rings. The second kappa shape index (κ2) is 10.9. The lowest BCUT2D eigenvalue weighted by Gasteiger charge is -1.93. The van der Waals surface area contributed by atoms with Crippen molar-refractivity contribution in [3.05, 3.63) is 72.9 Å². The summed E-state index contributed by atoms with van der Waals surface area (Å²) in [5, 5.41) is 0. The minimum absolute atomic E-state index is 1.07. The van der Waals surface area contributed by atoms with E-state index in [4.69, 9.17) is 0 Å². The van der Waals surface area contributed by atoms with E-state index < -0.39 is 0 Å². The zero-order chi connectivity index (χ0) is 12.0. The fourth-order valence-electron chi connectivity index (χ4n) is 1.50. The van der Waals surface area contributed by atoms with Gasteiger partial charge in [0.25, 0.3) is 0 Å². The van der Waals surface area contributed by atoms with E-state index in [1.807, 2.05) is 42.5 Å². The molecule has 0 saturated carbocycles. The molecular weight excluding hydrogens is 204 g/mol. The summed E-state index contributed by atoms with van der Waals surface area (Å²) in [6, 6.07) is 0. The fourth-order valence-corrected chi connectivity index (χ4v) is 1.50. The molecule has 0 aliphatic heterocycles. The molecule has 0 bridgehead atoms. The largest absolute Gasteiger partial charge is 0.0845 e. The van der Waals surface area contributed by atoms with E-state index in [0.717, 1.165) is 6.42 Å². The molecule has 0 heterocycles. The zero-order valence-electron chi connectivity index (χ0n) is 10.4. The van der Waals surface area contributed by atoms with Gasteiger partial charge < -0.3 is 0 Å². The molecule has 0 N–H and O–H groups in total. The molecule has 0 aromatic heterocycles. The van der Waals surface area contributed by atoms with Gasteiger partial charge in [-0.25, -0.2) is 0 Å². The van der Waals surface area contributed by atoms with Crippen LogP contribution in [-0.2, 0) is 0 Å². The van der Waals surface area contributed by atoms with Gasteiger partial charge in [0, 0.05) is 0 Å². The van der Waals surface area contributed by atoms with Gasteiger partial charge in [-0.2, -0.15) is 0 Å². The monoisotopic (exact) mass is 225 g/mol. The van der Waals surface area contributed by atoms with E-state index in [0.29, 0.717) is 0 Å². The normalized spacial score (nSPS) is 29.6. The van der Waals surface area contributed by atoms with Gasteiger partial charge in [0.2, 0.25) is 0 Å². The zero-order valence-corrected chi connectivity index (χ0v) is 10.4. The summed E-state index contributed by atoms with van der Waals surface area (Å²) in [4.78, 5) is 0. The number of allylic oxidation sites excluding steroid dienone is 12. The Morgan fingerprint density at radius 1 is 0.588 bits per heavy atom. The topological polar surface area (TPSA) is 0 Å². The first-order chi connectivity index (χ1) is 8.50. The van der Waals surface area contributed by atoms with Gasteiger partial charge in [-0.1, -0.05) is 73.3 Å². The lowest BCUT2D eigenvalue weighted by atomic mass is 10.1. The quantitative estimate of drug-likeness (QED) is 0.538. The van der Waals surface area contributed by atoms with Crippen molar-refractivity contribution in [3.63, 3.8) is 0 Å². The van der Waals surface area contributed by atoms with Gasteiger partial charge in [-0.05, 0) is 31.8 Å². The van der Waals surface area contributed by atoms with Crippen LogP contribution in [0, 0.1) is 6.08 Å².